The number of nitrogens with zero attached hydrogens (tertiary/aromatic N) is 3. The van der Waals surface area contributed by atoms with Gasteiger partial charge in [0.2, 0.25) is 0 Å². The number of carbonyl (C=O) groups is 2. The fourth-order valence-corrected chi connectivity index (χ4v) is 4.15. The van der Waals surface area contributed by atoms with Crippen molar-refractivity contribution in [3.8, 4) is 0 Å². The summed E-state index contributed by atoms with van der Waals surface area (Å²) in [5, 5.41) is 9.93. The van der Waals surface area contributed by atoms with E-state index in [1.54, 1.807) is 22.8 Å². The predicted molar refractivity (Wildman–Crippen MR) is 99.9 cm³/mol. The number of carboxylic acid groups (broad SMARTS) is 1. The van der Waals surface area contributed by atoms with Crippen molar-refractivity contribution in [2.24, 2.45) is 0 Å². The van der Waals surface area contributed by atoms with Crippen LogP contribution in [0.4, 0.5) is 0 Å². The molecule has 2 aromatic rings. The first-order valence-electron chi connectivity index (χ1n) is 9.63. The Morgan fingerprint density at radius 2 is 1.89 bits per heavy atom. The summed E-state index contributed by atoms with van der Waals surface area (Å²) >= 11 is 0. The van der Waals surface area contributed by atoms with Crippen LogP contribution < -0.4 is 5.56 Å². The van der Waals surface area contributed by atoms with Crippen LogP contribution in [0.3, 0.4) is 0 Å². The number of benzene rings is 1. The van der Waals surface area contributed by atoms with Crippen LogP contribution >= 0.6 is 0 Å². The molecule has 0 saturated carbocycles. The van der Waals surface area contributed by atoms with Gasteiger partial charge < -0.3 is 10.0 Å². The molecule has 0 bridgehead atoms. The third-order valence-electron chi connectivity index (χ3n) is 5.61. The van der Waals surface area contributed by atoms with Crippen LogP contribution in [-0.2, 0) is 17.8 Å². The number of carboxylic acids is 1. The van der Waals surface area contributed by atoms with E-state index in [-0.39, 0.29) is 11.5 Å². The molecule has 1 N–H and O–H groups in total. The van der Waals surface area contributed by atoms with E-state index in [1.807, 2.05) is 0 Å². The van der Waals surface area contributed by atoms with E-state index in [0.717, 1.165) is 44.3 Å². The first-order chi connectivity index (χ1) is 13.1. The molecule has 4 rings (SSSR count). The zero-order chi connectivity index (χ0) is 19.0. The molecule has 1 fully saturated rings. The van der Waals surface area contributed by atoms with E-state index in [9.17, 15) is 19.5 Å². The number of piperidine rings is 1. The Morgan fingerprint density at radius 3 is 2.70 bits per heavy atom. The van der Waals surface area contributed by atoms with Gasteiger partial charge in [-0.1, -0.05) is 6.42 Å². The maximum atomic E-state index is 12.9. The van der Waals surface area contributed by atoms with Gasteiger partial charge in [-0.3, -0.25) is 14.2 Å². The van der Waals surface area contributed by atoms with Crippen LogP contribution in [0.2, 0.25) is 0 Å². The number of hydrogen-bond donors (Lipinski definition) is 1. The quantitative estimate of drug-likeness (QED) is 0.876. The summed E-state index contributed by atoms with van der Waals surface area (Å²) in [7, 11) is 0. The van der Waals surface area contributed by atoms with Crippen LogP contribution in [0.25, 0.3) is 10.9 Å². The second kappa shape index (κ2) is 7.13. The summed E-state index contributed by atoms with van der Waals surface area (Å²) in [5.41, 5.74) is 0.848. The minimum atomic E-state index is -0.967. The van der Waals surface area contributed by atoms with Crippen LogP contribution in [0.5, 0.6) is 0 Å². The molecular weight excluding hydrogens is 346 g/mol. The summed E-state index contributed by atoms with van der Waals surface area (Å²) in [6.07, 6.45) is 5.90. The summed E-state index contributed by atoms with van der Waals surface area (Å²) in [6, 6.07) is 4.12. The molecule has 1 atom stereocenters. The Labute approximate surface area is 156 Å². The van der Waals surface area contributed by atoms with Gasteiger partial charge in [-0.25, -0.2) is 9.78 Å². The number of aryl methyl sites for hydroxylation is 1. The molecule has 7 nitrogen and oxygen atoms in total. The molecule has 2 aliphatic heterocycles. The molecule has 0 unspecified atom stereocenters. The van der Waals surface area contributed by atoms with Crippen molar-refractivity contribution >= 4 is 22.8 Å². The zero-order valence-corrected chi connectivity index (χ0v) is 15.2. The fraction of sp³-hybridized carbons (Fsp3) is 0.500. The molecule has 27 heavy (non-hydrogen) atoms. The molecule has 0 aliphatic carbocycles. The molecule has 1 saturated heterocycles. The molecule has 0 radical (unpaired) electrons. The smallest absolute Gasteiger partial charge is 0.326 e. The van der Waals surface area contributed by atoms with Crippen molar-refractivity contribution < 1.29 is 14.7 Å². The Bertz CT molecular complexity index is 966. The Kier molecular flexibility index (Phi) is 4.68. The largest absolute Gasteiger partial charge is 0.480 e. The normalized spacial score (nSPS) is 20.1. The highest BCUT2D eigenvalue weighted by Crippen LogP contribution is 2.22. The second-order valence-corrected chi connectivity index (χ2v) is 7.38. The van der Waals surface area contributed by atoms with Crippen molar-refractivity contribution in [3.63, 3.8) is 0 Å². The van der Waals surface area contributed by atoms with Gasteiger partial charge in [0.1, 0.15) is 11.9 Å². The highest BCUT2D eigenvalue weighted by Gasteiger charge is 2.32. The molecule has 7 heteroatoms. The Hall–Kier alpha value is -2.70. The minimum Gasteiger partial charge on any atom is -0.480 e. The topological polar surface area (TPSA) is 92.5 Å². The molecule has 2 aliphatic rings. The highest BCUT2D eigenvalue weighted by atomic mass is 16.4. The Balaban J connectivity index is 1.74. The lowest BCUT2D eigenvalue weighted by Gasteiger charge is -2.33. The average Bonchev–Trinajstić information content (AvgIpc) is 2.93. The molecular formula is C20H23N3O4. The lowest BCUT2D eigenvalue weighted by molar-refractivity contribution is -0.143. The first-order valence-corrected chi connectivity index (χ1v) is 9.63. The van der Waals surface area contributed by atoms with Crippen LogP contribution in [-0.4, -0.2) is 44.0 Å². The van der Waals surface area contributed by atoms with Crippen molar-refractivity contribution in [2.45, 2.75) is 57.5 Å². The first kappa shape index (κ1) is 17.7. The molecule has 3 heterocycles. The number of aliphatic carboxylic acids is 1. The van der Waals surface area contributed by atoms with Crippen molar-refractivity contribution in [3.05, 3.63) is 39.9 Å². The second-order valence-electron chi connectivity index (χ2n) is 7.38. The number of amides is 1. The standard InChI is InChI=1S/C20H23N3O4/c24-18(22-10-5-3-6-16(22)20(26)27)13-8-9-14-15(12-13)21-17-7-2-1-4-11-23(17)19(14)25/h8-9,12,16H,1-7,10-11H2,(H,26,27)/t16-/m1/s1. The molecule has 0 spiro atoms. The lowest BCUT2D eigenvalue weighted by Crippen LogP contribution is -2.48. The fourth-order valence-electron chi connectivity index (χ4n) is 4.15. The van der Waals surface area contributed by atoms with E-state index in [1.165, 1.54) is 4.90 Å². The highest BCUT2D eigenvalue weighted by molar-refractivity contribution is 5.99. The van der Waals surface area contributed by atoms with Gasteiger partial charge in [0.25, 0.3) is 11.5 Å². The maximum Gasteiger partial charge on any atom is 0.326 e. The SMILES string of the molecule is O=C(O)[C@H]1CCCCN1C(=O)c1ccc2c(=O)n3c(nc2c1)CCCCC3. The summed E-state index contributed by atoms with van der Waals surface area (Å²) in [6.45, 7) is 1.12. The molecule has 1 amide bonds. The third-order valence-corrected chi connectivity index (χ3v) is 5.61. The van der Waals surface area contributed by atoms with E-state index in [4.69, 9.17) is 0 Å². The molecule has 142 valence electrons. The number of fused-ring (bicyclic) bond motifs is 2. The van der Waals surface area contributed by atoms with Gasteiger partial charge in [-0.2, -0.15) is 0 Å². The van der Waals surface area contributed by atoms with E-state index < -0.39 is 12.0 Å². The van der Waals surface area contributed by atoms with E-state index in [0.29, 0.717) is 36.0 Å². The lowest BCUT2D eigenvalue weighted by atomic mass is 10.0. The number of likely N-dealkylation sites (tertiary alicyclic amines) is 1. The van der Waals surface area contributed by atoms with Crippen molar-refractivity contribution in [1.82, 2.24) is 14.5 Å². The van der Waals surface area contributed by atoms with Gasteiger partial charge in [-0.05, 0) is 50.3 Å². The summed E-state index contributed by atoms with van der Waals surface area (Å²) < 4.78 is 1.75. The van der Waals surface area contributed by atoms with Crippen LogP contribution in [0, 0.1) is 0 Å². The number of carbonyl (C=O) groups excluding carboxylic acids is 1. The maximum absolute atomic E-state index is 12.9. The summed E-state index contributed by atoms with van der Waals surface area (Å²) in [5.74, 6) is -0.498. The summed E-state index contributed by atoms with van der Waals surface area (Å²) in [4.78, 5) is 43.3. The van der Waals surface area contributed by atoms with Gasteiger partial charge in [0, 0.05) is 25.1 Å². The number of rotatable bonds is 2. The predicted octanol–water partition coefficient (Wildman–Crippen LogP) is 2.20. The zero-order valence-electron chi connectivity index (χ0n) is 15.2. The monoisotopic (exact) mass is 369 g/mol. The van der Waals surface area contributed by atoms with Gasteiger partial charge >= 0.3 is 5.97 Å². The van der Waals surface area contributed by atoms with Crippen LogP contribution in [0.15, 0.2) is 23.0 Å². The third kappa shape index (κ3) is 3.22. The molecule has 1 aromatic heterocycles. The average molecular weight is 369 g/mol. The van der Waals surface area contributed by atoms with Crippen molar-refractivity contribution in [1.29, 1.82) is 0 Å². The van der Waals surface area contributed by atoms with Gasteiger partial charge in [0.05, 0.1) is 10.9 Å². The Morgan fingerprint density at radius 1 is 1.07 bits per heavy atom. The minimum absolute atomic E-state index is 0.0581. The van der Waals surface area contributed by atoms with E-state index >= 15 is 0 Å². The molecule has 1 aromatic carbocycles. The number of hydrogen-bond acceptors (Lipinski definition) is 4. The van der Waals surface area contributed by atoms with E-state index in [2.05, 4.69) is 4.98 Å². The van der Waals surface area contributed by atoms with Gasteiger partial charge in [0.15, 0.2) is 0 Å². The van der Waals surface area contributed by atoms with Crippen LogP contribution in [0.1, 0.15) is 54.7 Å². The van der Waals surface area contributed by atoms with Gasteiger partial charge in [-0.15, -0.1) is 0 Å². The van der Waals surface area contributed by atoms with Crippen molar-refractivity contribution in [2.75, 3.05) is 6.54 Å². The number of aromatic nitrogens is 2.